The van der Waals surface area contributed by atoms with Crippen molar-refractivity contribution < 1.29 is 4.79 Å². The molecule has 31 heavy (non-hydrogen) atoms. The molecule has 6 heteroatoms. The van der Waals surface area contributed by atoms with E-state index in [0.717, 1.165) is 47.3 Å². The van der Waals surface area contributed by atoms with E-state index >= 15 is 0 Å². The Kier molecular flexibility index (Phi) is 5.98. The third-order valence-corrected chi connectivity index (χ3v) is 5.88. The second-order valence-corrected chi connectivity index (χ2v) is 8.46. The lowest BCUT2D eigenvalue weighted by Crippen LogP contribution is -2.33. The van der Waals surface area contributed by atoms with E-state index in [2.05, 4.69) is 29.0 Å². The molecule has 4 rings (SSSR count). The molecule has 2 aromatic heterocycles. The predicted molar refractivity (Wildman–Crippen MR) is 123 cm³/mol. The van der Waals surface area contributed by atoms with Gasteiger partial charge in [0.15, 0.2) is 0 Å². The number of benzene rings is 1. The van der Waals surface area contributed by atoms with Crippen molar-refractivity contribution in [3.8, 4) is 11.1 Å². The van der Waals surface area contributed by atoms with Crippen LogP contribution in [0.25, 0.3) is 11.1 Å². The highest BCUT2D eigenvalue weighted by molar-refractivity contribution is 5.80. The van der Waals surface area contributed by atoms with Gasteiger partial charge in [-0.1, -0.05) is 29.8 Å². The van der Waals surface area contributed by atoms with Gasteiger partial charge in [-0.3, -0.25) is 9.78 Å². The molecular formula is C25H29N5O. The first-order valence-electron chi connectivity index (χ1n) is 10.7. The van der Waals surface area contributed by atoms with Crippen LogP contribution < -0.4 is 4.90 Å². The van der Waals surface area contributed by atoms with E-state index < -0.39 is 0 Å². The standard InChI is InChI=1S/C25H29N5O/c1-17-7-9-19(10-8-17)14-23(31)30-13-5-6-22(30)24-21(16-27-25(28-24)29(3)4)20-11-12-26-15-18(20)2/h7-12,15-16,22H,5-6,13-14H2,1-4H3/t22-/m0/s1. The molecule has 6 nitrogen and oxygen atoms in total. The summed E-state index contributed by atoms with van der Waals surface area (Å²) in [6, 6.07) is 10.1. The Morgan fingerprint density at radius 3 is 2.58 bits per heavy atom. The molecule has 1 atom stereocenters. The highest BCUT2D eigenvalue weighted by Gasteiger charge is 2.33. The summed E-state index contributed by atoms with van der Waals surface area (Å²) >= 11 is 0. The zero-order valence-corrected chi connectivity index (χ0v) is 18.7. The summed E-state index contributed by atoms with van der Waals surface area (Å²) in [6.07, 6.45) is 7.82. The van der Waals surface area contributed by atoms with Crippen LogP contribution in [-0.4, -0.2) is 46.4 Å². The van der Waals surface area contributed by atoms with Crippen molar-refractivity contribution in [3.63, 3.8) is 0 Å². The Labute approximate surface area is 184 Å². The first kappa shape index (κ1) is 21.0. The summed E-state index contributed by atoms with van der Waals surface area (Å²) in [7, 11) is 3.87. The van der Waals surface area contributed by atoms with Crippen molar-refractivity contribution in [1.82, 2.24) is 19.9 Å². The molecule has 1 aliphatic rings. The van der Waals surface area contributed by atoms with Crippen LogP contribution in [0.4, 0.5) is 5.95 Å². The fraction of sp³-hybridized carbons (Fsp3) is 0.360. The van der Waals surface area contributed by atoms with Crippen LogP contribution in [0.1, 0.15) is 41.3 Å². The maximum atomic E-state index is 13.3. The lowest BCUT2D eigenvalue weighted by atomic mass is 9.97. The Bertz CT molecular complexity index is 1080. The van der Waals surface area contributed by atoms with Crippen LogP contribution in [0, 0.1) is 13.8 Å². The molecule has 1 aromatic carbocycles. The molecule has 1 aliphatic heterocycles. The number of aryl methyl sites for hydroxylation is 2. The largest absolute Gasteiger partial charge is 0.347 e. The number of hydrogen-bond donors (Lipinski definition) is 0. The van der Waals surface area contributed by atoms with E-state index in [0.29, 0.717) is 12.4 Å². The van der Waals surface area contributed by atoms with Crippen LogP contribution in [0.5, 0.6) is 0 Å². The van der Waals surface area contributed by atoms with Gasteiger partial charge in [-0.25, -0.2) is 9.97 Å². The van der Waals surface area contributed by atoms with Crippen LogP contribution in [0.2, 0.25) is 0 Å². The Hall–Kier alpha value is -3.28. The maximum absolute atomic E-state index is 13.3. The van der Waals surface area contributed by atoms with E-state index in [4.69, 9.17) is 4.98 Å². The molecule has 1 fully saturated rings. The molecule has 3 heterocycles. The van der Waals surface area contributed by atoms with Gasteiger partial charge in [0.05, 0.1) is 18.2 Å². The van der Waals surface area contributed by atoms with Crippen molar-refractivity contribution in [2.24, 2.45) is 0 Å². The fourth-order valence-corrected chi connectivity index (χ4v) is 4.17. The molecule has 0 N–H and O–H groups in total. The van der Waals surface area contributed by atoms with Crippen LogP contribution in [-0.2, 0) is 11.2 Å². The van der Waals surface area contributed by atoms with E-state index in [-0.39, 0.29) is 11.9 Å². The first-order valence-corrected chi connectivity index (χ1v) is 10.7. The Morgan fingerprint density at radius 1 is 1.10 bits per heavy atom. The third kappa shape index (κ3) is 4.43. The van der Waals surface area contributed by atoms with Crippen molar-refractivity contribution in [1.29, 1.82) is 0 Å². The van der Waals surface area contributed by atoms with Gasteiger partial charge in [-0.15, -0.1) is 0 Å². The smallest absolute Gasteiger partial charge is 0.227 e. The second-order valence-electron chi connectivity index (χ2n) is 8.46. The number of pyridine rings is 1. The van der Waals surface area contributed by atoms with Gasteiger partial charge in [0.2, 0.25) is 11.9 Å². The summed E-state index contributed by atoms with van der Waals surface area (Å²) in [4.78, 5) is 30.9. The van der Waals surface area contributed by atoms with Crippen LogP contribution >= 0.6 is 0 Å². The molecular weight excluding hydrogens is 386 g/mol. The number of carbonyl (C=O) groups is 1. The van der Waals surface area contributed by atoms with Crippen molar-refractivity contribution >= 4 is 11.9 Å². The SMILES string of the molecule is Cc1ccc(CC(=O)N2CCC[C@H]2c2nc(N(C)C)ncc2-c2ccncc2C)cc1. The fourth-order valence-electron chi connectivity index (χ4n) is 4.17. The number of rotatable bonds is 5. The summed E-state index contributed by atoms with van der Waals surface area (Å²) in [5, 5.41) is 0. The number of anilines is 1. The number of carbonyl (C=O) groups excluding carboxylic acids is 1. The normalized spacial score (nSPS) is 15.9. The number of aromatic nitrogens is 3. The van der Waals surface area contributed by atoms with Gasteiger partial charge in [-0.05, 0) is 49.4 Å². The second kappa shape index (κ2) is 8.84. The number of amides is 1. The minimum Gasteiger partial charge on any atom is -0.347 e. The number of nitrogens with zero attached hydrogens (tertiary/aromatic N) is 5. The molecule has 0 spiro atoms. The average Bonchev–Trinajstić information content (AvgIpc) is 3.25. The summed E-state index contributed by atoms with van der Waals surface area (Å²) in [5.41, 5.74) is 6.27. The molecule has 3 aromatic rings. The maximum Gasteiger partial charge on any atom is 0.227 e. The molecule has 0 unspecified atom stereocenters. The highest BCUT2D eigenvalue weighted by atomic mass is 16.2. The Morgan fingerprint density at radius 2 is 1.87 bits per heavy atom. The summed E-state index contributed by atoms with van der Waals surface area (Å²) in [5.74, 6) is 0.803. The molecule has 1 saturated heterocycles. The summed E-state index contributed by atoms with van der Waals surface area (Å²) in [6.45, 7) is 4.86. The van der Waals surface area contributed by atoms with E-state index in [1.54, 1.807) is 6.20 Å². The average molecular weight is 416 g/mol. The van der Waals surface area contributed by atoms with E-state index in [1.807, 2.05) is 61.4 Å². The van der Waals surface area contributed by atoms with Gasteiger partial charge in [0.1, 0.15) is 0 Å². The molecule has 1 amide bonds. The zero-order chi connectivity index (χ0) is 22.0. The van der Waals surface area contributed by atoms with Gasteiger partial charge >= 0.3 is 0 Å². The molecule has 0 radical (unpaired) electrons. The summed E-state index contributed by atoms with van der Waals surface area (Å²) < 4.78 is 0. The van der Waals surface area contributed by atoms with Crippen molar-refractivity contribution in [2.45, 2.75) is 39.2 Å². The zero-order valence-electron chi connectivity index (χ0n) is 18.7. The lowest BCUT2D eigenvalue weighted by molar-refractivity contribution is -0.131. The van der Waals surface area contributed by atoms with Crippen molar-refractivity contribution in [3.05, 3.63) is 71.3 Å². The molecule has 0 bridgehead atoms. The minimum absolute atomic E-state index is 0.0535. The monoisotopic (exact) mass is 415 g/mol. The van der Waals surface area contributed by atoms with Gasteiger partial charge in [0, 0.05) is 44.8 Å². The van der Waals surface area contributed by atoms with E-state index in [1.165, 1.54) is 5.56 Å². The third-order valence-electron chi connectivity index (χ3n) is 5.88. The first-order chi connectivity index (χ1) is 14.9. The number of hydrogen-bond acceptors (Lipinski definition) is 5. The molecule has 0 aliphatic carbocycles. The van der Waals surface area contributed by atoms with E-state index in [9.17, 15) is 4.79 Å². The van der Waals surface area contributed by atoms with Crippen LogP contribution in [0.3, 0.4) is 0 Å². The molecule has 0 saturated carbocycles. The lowest BCUT2D eigenvalue weighted by Gasteiger charge is -2.27. The van der Waals surface area contributed by atoms with Crippen LogP contribution in [0.15, 0.2) is 48.9 Å². The van der Waals surface area contributed by atoms with Gasteiger partial charge < -0.3 is 9.80 Å². The minimum atomic E-state index is -0.0535. The predicted octanol–water partition coefficient (Wildman–Crippen LogP) is 4.13. The highest BCUT2D eigenvalue weighted by Crippen LogP contribution is 2.38. The number of likely N-dealkylation sites (tertiary alicyclic amines) is 1. The topological polar surface area (TPSA) is 62.2 Å². The quantitative estimate of drug-likeness (QED) is 0.627. The van der Waals surface area contributed by atoms with Gasteiger partial charge in [0.25, 0.3) is 0 Å². The Balaban J connectivity index is 1.71. The molecule has 160 valence electrons. The van der Waals surface area contributed by atoms with Gasteiger partial charge in [-0.2, -0.15) is 0 Å². The van der Waals surface area contributed by atoms with Crippen molar-refractivity contribution in [2.75, 3.05) is 25.5 Å².